The summed E-state index contributed by atoms with van der Waals surface area (Å²) in [4.78, 5) is 12.8. The number of hydrogen-bond acceptors (Lipinski definition) is 7. The molecule has 2 heterocycles. The van der Waals surface area contributed by atoms with Gasteiger partial charge in [0.2, 0.25) is 0 Å². The van der Waals surface area contributed by atoms with Gasteiger partial charge < -0.3 is 19.5 Å². The summed E-state index contributed by atoms with van der Waals surface area (Å²) in [6.45, 7) is 1.05. The van der Waals surface area contributed by atoms with E-state index in [0.29, 0.717) is 40.2 Å². The minimum Gasteiger partial charge on any atom is -0.493 e. The molecule has 1 aliphatic heterocycles. The number of nitrogens with one attached hydrogen (secondary N) is 1. The summed E-state index contributed by atoms with van der Waals surface area (Å²) in [5, 5.41) is 12.1. The highest BCUT2D eigenvalue weighted by Crippen LogP contribution is 2.31. The summed E-state index contributed by atoms with van der Waals surface area (Å²) >= 11 is 1.49. The lowest BCUT2D eigenvalue weighted by Gasteiger charge is -2.14. The Kier molecular flexibility index (Phi) is 8.02. The van der Waals surface area contributed by atoms with Crippen molar-refractivity contribution in [1.82, 2.24) is 20.1 Å². The maximum atomic E-state index is 14.7. The fraction of sp³-hybridized carbons (Fsp3) is 0.375. The van der Waals surface area contributed by atoms with Crippen molar-refractivity contribution in [2.45, 2.75) is 30.5 Å². The number of ether oxygens (including phenoxy) is 3. The van der Waals surface area contributed by atoms with Crippen LogP contribution >= 0.6 is 11.8 Å². The van der Waals surface area contributed by atoms with Crippen molar-refractivity contribution in [3.63, 3.8) is 0 Å². The summed E-state index contributed by atoms with van der Waals surface area (Å²) in [6.07, 6.45) is 2.58. The Morgan fingerprint density at radius 2 is 2.06 bits per heavy atom. The van der Waals surface area contributed by atoms with Crippen LogP contribution in [0, 0.1) is 5.82 Å². The molecule has 1 amide bonds. The third-order valence-electron chi connectivity index (χ3n) is 5.50. The summed E-state index contributed by atoms with van der Waals surface area (Å²) in [6, 6.07) is 11.6. The van der Waals surface area contributed by atoms with Crippen molar-refractivity contribution in [3.8, 4) is 17.2 Å². The normalized spacial score (nSPS) is 15.3. The van der Waals surface area contributed by atoms with Crippen LogP contribution in [-0.2, 0) is 11.2 Å². The van der Waals surface area contributed by atoms with Crippen LogP contribution in [-0.4, -0.2) is 59.9 Å². The molecular formula is C24H27FN4O4S. The first-order chi connectivity index (χ1) is 16.6. The Hall–Kier alpha value is -3.11. The summed E-state index contributed by atoms with van der Waals surface area (Å²) in [5.41, 5.74) is 0.739. The molecule has 3 aromatic rings. The van der Waals surface area contributed by atoms with Gasteiger partial charge in [-0.25, -0.2) is 4.39 Å². The lowest BCUT2D eigenvalue weighted by atomic mass is 10.1. The Bertz CT molecular complexity index is 1130. The van der Waals surface area contributed by atoms with E-state index >= 15 is 0 Å². The molecule has 4 rings (SSSR count). The molecular weight excluding hydrogens is 459 g/mol. The van der Waals surface area contributed by atoms with Crippen LogP contribution in [0.15, 0.2) is 47.6 Å². The number of carbonyl (C=O) groups excluding carboxylic acids is 1. The minimum absolute atomic E-state index is 0.163. The molecule has 1 atom stereocenters. The number of thioether (sulfide) groups is 1. The second-order valence-corrected chi connectivity index (χ2v) is 8.67. The number of benzene rings is 2. The fourth-order valence-corrected chi connectivity index (χ4v) is 4.85. The smallest absolute Gasteiger partial charge is 0.255 e. The first-order valence-electron chi connectivity index (χ1n) is 11.0. The molecule has 0 spiro atoms. The molecule has 1 fully saturated rings. The Labute approximate surface area is 201 Å². The van der Waals surface area contributed by atoms with E-state index in [1.807, 2.05) is 0 Å². The Morgan fingerprint density at radius 3 is 2.79 bits per heavy atom. The topological polar surface area (TPSA) is 87.5 Å². The lowest BCUT2D eigenvalue weighted by Crippen LogP contribution is -2.27. The molecule has 10 heteroatoms. The number of carbonyl (C=O) groups is 1. The number of rotatable bonds is 10. The molecule has 0 saturated carbocycles. The Balaban J connectivity index is 1.49. The summed E-state index contributed by atoms with van der Waals surface area (Å²) in [7, 11) is 3.00. The van der Waals surface area contributed by atoms with Crippen molar-refractivity contribution >= 4 is 17.7 Å². The molecule has 0 bridgehead atoms. The van der Waals surface area contributed by atoms with Crippen LogP contribution in [0.2, 0.25) is 0 Å². The molecule has 34 heavy (non-hydrogen) atoms. The van der Waals surface area contributed by atoms with E-state index in [4.69, 9.17) is 14.2 Å². The monoisotopic (exact) mass is 486 g/mol. The predicted octanol–water partition coefficient (Wildman–Crippen LogP) is 3.67. The number of methoxy groups -OCH3 is 2. The van der Waals surface area contributed by atoms with Crippen molar-refractivity contribution in [3.05, 3.63) is 59.7 Å². The second kappa shape index (κ2) is 11.3. The number of halogens is 1. The van der Waals surface area contributed by atoms with Crippen LogP contribution in [0.3, 0.4) is 0 Å². The summed E-state index contributed by atoms with van der Waals surface area (Å²) in [5.74, 6) is 1.44. The quantitative estimate of drug-likeness (QED) is 0.438. The number of para-hydroxylation sites is 2. The zero-order valence-corrected chi connectivity index (χ0v) is 19.9. The molecule has 180 valence electrons. The molecule has 0 aliphatic carbocycles. The standard InChI is InChI=1S/C24H27FN4O4S/c1-31-20-11-5-8-17(22(20)32-2)23(30)26-13-12-21-27-28-24(34-15-16-7-6-14-33-16)29(21)19-10-4-3-9-18(19)25/h3-5,8-11,16H,6-7,12-15H2,1-2H3,(H,26,30)/t16-/m0/s1. The number of hydrogen-bond donors (Lipinski definition) is 1. The van der Waals surface area contributed by atoms with Crippen LogP contribution in [0.1, 0.15) is 29.0 Å². The van der Waals surface area contributed by atoms with E-state index < -0.39 is 0 Å². The van der Waals surface area contributed by atoms with Crippen LogP contribution < -0.4 is 14.8 Å². The van der Waals surface area contributed by atoms with Gasteiger partial charge in [0, 0.05) is 25.3 Å². The zero-order chi connectivity index (χ0) is 23.9. The highest BCUT2D eigenvalue weighted by atomic mass is 32.2. The number of amides is 1. The average Bonchev–Trinajstić information content (AvgIpc) is 3.52. The highest BCUT2D eigenvalue weighted by molar-refractivity contribution is 7.99. The van der Waals surface area contributed by atoms with E-state index in [-0.39, 0.29) is 24.4 Å². The maximum absolute atomic E-state index is 14.7. The molecule has 1 saturated heterocycles. The third kappa shape index (κ3) is 5.34. The van der Waals surface area contributed by atoms with Crippen LogP contribution in [0.5, 0.6) is 11.5 Å². The van der Waals surface area contributed by atoms with Gasteiger partial charge in [0.1, 0.15) is 11.6 Å². The number of nitrogens with zero attached hydrogens (tertiary/aromatic N) is 3. The van der Waals surface area contributed by atoms with E-state index in [1.165, 1.54) is 32.0 Å². The fourth-order valence-electron chi connectivity index (χ4n) is 3.82. The average molecular weight is 487 g/mol. The van der Waals surface area contributed by atoms with Gasteiger partial charge in [0.05, 0.1) is 31.6 Å². The molecule has 1 N–H and O–H groups in total. The van der Waals surface area contributed by atoms with Gasteiger partial charge in [-0.2, -0.15) is 0 Å². The van der Waals surface area contributed by atoms with Crippen molar-refractivity contribution in [2.24, 2.45) is 0 Å². The molecule has 0 unspecified atom stereocenters. The van der Waals surface area contributed by atoms with E-state index in [9.17, 15) is 9.18 Å². The van der Waals surface area contributed by atoms with Gasteiger partial charge in [0.15, 0.2) is 16.7 Å². The van der Waals surface area contributed by atoms with Gasteiger partial charge in [-0.1, -0.05) is 30.0 Å². The van der Waals surface area contributed by atoms with E-state index in [2.05, 4.69) is 15.5 Å². The maximum Gasteiger partial charge on any atom is 0.255 e. The van der Waals surface area contributed by atoms with E-state index in [0.717, 1.165) is 25.2 Å². The Morgan fingerprint density at radius 1 is 1.21 bits per heavy atom. The minimum atomic E-state index is -0.368. The predicted molar refractivity (Wildman–Crippen MR) is 127 cm³/mol. The van der Waals surface area contributed by atoms with Gasteiger partial charge in [-0.05, 0) is 37.1 Å². The molecule has 1 aromatic heterocycles. The van der Waals surface area contributed by atoms with Gasteiger partial charge in [0.25, 0.3) is 5.91 Å². The molecule has 8 nitrogen and oxygen atoms in total. The molecule has 2 aromatic carbocycles. The SMILES string of the molecule is COc1cccc(C(=O)NCCc2nnc(SC[C@@H]3CCCO3)n2-c2ccccc2F)c1OC. The molecule has 1 aliphatic rings. The third-order valence-corrected chi connectivity index (χ3v) is 6.56. The van der Waals surface area contributed by atoms with E-state index in [1.54, 1.807) is 41.0 Å². The van der Waals surface area contributed by atoms with Gasteiger partial charge in [-0.15, -0.1) is 10.2 Å². The number of aromatic nitrogens is 3. The first kappa shape index (κ1) is 24.0. The second-order valence-electron chi connectivity index (χ2n) is 7.68. The largest absolute Gasteiger partial charge is 0.493 e. The van der Waals surface area contributed by atoms with Crippen LogP contribution in [0.25, 0.3) is 5.69 Å². The lowest BCUT2D eigenvalue weighted by molar-refractivity contribution is 0.0950. The first-order valence-corrected chi connectivity index (χ1v) is 12.0. The molecule has 0 radical (unpaired) electrons. The highest BCUT2D eigenvalue weighted by Gasteiger charge is 2.21. The van der Waals surface area contributed by atoms with Gasteiger partial charge >= 0.3 is 0 Å². The van der Waals surface area contributed by atoms with Crippen molar-refractivity contribution in [1.29, 1.82) is 0 Å². The van der Waals surface area contributed by atoms with Crippen LogP contribution in [0.4, 0.5) is 4.39 Å². The van der Waals surface area contributed by atoms with Gasteiger partial charge in [-0.3, -0.25) is 9.36 Å². The summed E-state index contributed by atoms with van der Waals surface area (Å²) < 4.78 is 32.7. The zero-order valence-electron chi connectivity index (χ0n) is 19.1. The van der Waals surface area contributed by atoms with Crippen molar-refractivity contribution in [2.75, 3.05) is 33.1 Å². The van der Waals surface area contributed by atoms with Crippen molar-refractivity contribution < 1.29 is 23.4 Å².